The molecule has 1 amide bonds. The molecule has 148 valence electrons. The molecule has 8 nitrogen and oxygen atoms in total. The Labute approximate surface area is 171 Å². The largest absolute Gasteiger partial charge is 0.467 e. The Hall–Kier alpha value is -1.33. The van der Waals surface area contributed by atoms with Crippen molar-refractivity contribution in [2.45, 2.75) is 31.9 Å². The van der Waals surface area contributed by atoms with E-state index in [-0.39, 0.29) is 36.4 Å². The van der Waals surface area contributed by atoms with Gasteiger partial charge in [0.1, 0.15) is 11.9 Å². The summed E-state index contributed by atoms with van der Waals surface area (Å²) in [6, 6.07) is 3.79. The average Bonchev–Trinajstić information content (AvgIpc) is 3.16. The predicted molar refractivity (Wildman–Crippen MR) is 112 cm³/mol. The summed E-state index contributed by atoms with van der Waals surface area (Å²) in [6.45, 7) is 5.19. The summed E-state index contributed by atoms with van der Waals surface area (Å²) in [5.74, 6) is 1.26. The number of rotatable bonds is 7. The molecule has 0 radical (unpaired) electrons. The molecule has 1 aliphatic heterocycles. The Balaban J connectivity index is 0.00000338. The fourth-order valence-corrected chi connectivity index (χ4v) is 2.78. The Morgan fingerprint density at radius 2 is 2.19 bits per heavy atom. The number of hydrogen-bond donors (Lipinski definition) is 4. The maximum absolute atomic E-state index is 11.4. The summed E-state index contributed by atoms with van der Waals surface area (Å²) >= 11 is 0. The lowest BCUT2D eigenvalue weighted by Crippen LogP contribution is -2.50. The van der Waals surface area contributed by atoms with Crippen LogP contribution in [0.1, 0.15) is 31.6 Å². The number of likely N-dealkylation sites (tertiary alicyclic amines) is 1. The monoisotopic (exact) mass is 479 g/mol. The standard InChI is InChI=1S/C17H29N5O3.HI/c1-3-19-17(20-11-14(23)15-5-4-10-25-15)21-13-6-8-22(9-7-13)12-16(24)18-2;/h4-5,10,13-14,23H,3,6-9,11-12H2,1-2H3,(H,18,24)(H2,19,20,21);1H. The van der Waals surface area contributed by atoms with Crippen molar-refractivity contribution in [2.75, 3.05) is 39.8 Å². The molecule has 4 N–H and O–H groups in total. The summed E-state index contributed by atoms with van der Waals surface area (Å²) in [6.07, 6.45) is 2.68. The molecule has 1 aromatic rings. The number of nitrogens with zero attached hydrogens (tertiary/aromatic N) is 2. The van der Waals surface area contributed by atoms with E-state index in [1.807, 2.05) is 6.92 Å². The molecule has 0 saturated carbocycles. The summed E-state index contributed by atoms with van der Waals surface area (Å²) in [5, 5.41) is 19.3. The lowest BCUT2D eigenvalue weighted by molar-refractivity contribution is -0.122. The highest BCUT2D eigenvalue weighted by Crippen LogP contribution is 2.13. The van der Waals surface area contributed by atoms with E-state index >= 15 is 0 Å². The first kappa shape index (κ1) is 22.7. The van der Waals surface area contributed by atoms with E-state index < -0.39 is 6.10 Å². The van der Waals surface area contributed by atoms with Crippen molar-refractivity contribution < 1.29 is 14.3 Å². The number of carbonyl (C=O) groups excluding carboxylic acids is 1. The van der Waals surface area contributed by atoms with Crippen molar-refractivity contribution in [3.8, 4) is 0 Å². The van der Waals surface area contributed by atoms with E-state index in [1.54, 1.807) is 19.2 Å². The summed E-state index contributed by atoms with van der Waals surface area (Å²) in [7, 11) is 1.66. The second-order valence-corrected chi connectivity index (χ2v) is 6.12. The normalized spacial score (nSPS) is 17.3. The zero-order valence-corrected chi connectivity index (χ0v) is 17.7. The number of carbonyl (C=O) groups is 1. The second-order valence-electron chi connectivity index (χ2n) is 6.12. The van der Waals surface area contributed by atoms with Crippen LogP contribution in [0.15, 0.2) is 27.8 Å². The van der Waals surface area contributed by atoms with Crippen LogP contribution in [-0.4, -0.2) is 67.7 Å². The van der Waals surface area contributed by atoms with Crippen molar-refractivity contribution in [1.29, 1.82) is 0 Å². The summed E-state index contributed by atoms with van der Waals surface area (Å²) in [5.41, 5.74) is 0. The maximum atomic E-state index is 11.4. The fourth-order valence-electron chi connectivity index (χ4n) is 2.78. The first-order valence-corrected chi connectivity index (χ1v) is 8.81. The van der Waals surface area contributed by atoms with Crippen molar-refractivity contribution in [1.82, 2.24) is 20.9 Å². The van der Waals surface area contributed by atoms with Crippen molar-refractivity contribution in [3.63, 3.8) is 0 Å². The minimum absolute atomic E-state index is 0. The van der Waals surface area contributed by atoms with Gasteiger partial charge in [0.05, 0.1) is 19.4 Å². The van der Waals surface area contributed by atoms with Crippen molar-refractivity contribution in [3.05, 3.63) is 24.2 Å². The third-order valence-electron chi connectivity index (χ3n) is 4.21. The first-order valence-electron chi connectivity index (χ1n) is 8.81. The number of aliphatic hydroxyl groups excluding tert-OH is 1. The molecule has 1 aromatic heterocycles. The van der Waals surface area contributed by atoms with Crippen LogP contribution in [0.4, 0.5) is 0 Å². The Morgan fingerprint density at radius 3 is 2.77 bits per heavy atom. The molecule has 0 spiro atoms. The second kappa shape index (κ2) is 12.1. The molecule has 0 bridgehead atoms. The van der Waals surface area contributed by atoms with Crippen LogP contribution in [0.25, 0.3) is 0 Å². The molecule has 1 aliphatic rings. The highest BCUT2D eigenvalue weighted by Gasteiger charge is 2.21. The number of hydrogen-bond acceptors (Lipinski definition) is 5. The summed E-state index contributed by atoms with van der Waals surface area (Å²) < 4.78 is 5.19. The molecule has 2 heterocycles. The molecule has 1 atom stereocenters. The van der Waals surface area contributed by atoms with Gasteiger partial charge < -0.3 is 25.5 Å². The Kier molecular flexibility index (Phi) is 10.6. The van der Waals surface area contributed by atoms with E-state index in [9.17, 15) is 9.90 Å². The average molecular weight is 479 g/mol. The highest BCUT2D eigenvalue weighted by molar-refractivity contribution is 14.0. The van der Waals surface area contributed by atoms with Crippen LogP contribution in [-0.2, 0) is 4.79 Å². The number of amides is 1. The minimum atomic E-state index is -0.750. The Morgan fingerprint density at radius 1 is 1.46 bits per heavy atom. The van der Waals surface area contributed by atoms with Crippen molar-refractivity contribution in [2.24, 2.45) is 4.99 Å². The topological polar surface area (TPSA) is 102 Å². The molecule has 2 rings (SSSR count). The zero-order valence-electron chi connectivity index (χ0n) is 15.4. The van der Waals surface area contributed by atoms with Gasteiger partial charge in [0.2, 0.25) is 5.91 Å². The number of aliphatic imine (C=N–C) groups is 1. The molecular formula is C17H30IN5O3. The van der Waals surface area contributed by atoms with E-state index in [2.05, 4.69) is 25.8 Å². The highest BCUT2D eigenvalue weighted by atomic mass is 127. The number of likely N-dealkylation sites (N-methyl/N-ethyl adjacent to an activating group) is 1. The van der Waals surface area contributed by atoms with Gasteiger partial charge in [-0.2, -0.15) is 0 Å². The number of furan rings is 1. The number of guanidine groups is 1. The molecule has 26 heavy (non-hydrogen) atoms. The molecule has 0 aromatic carbocycles. The van der Waals surface area contributed by atoms with Gasteiger partial charge in [-0.25, -0.2) is 0 Å². The molecular weight excluding hydrogens is 449 g/mol. The smallest absolute Gasteiger partial charge is 0.233 e. The predicted octanol–water partition coefficient (Wildman–Crippen LogP) is 0.696. The SMILES string of the molecule is CCNC(=NCC(O)c1ccco1)NC1CCN(CC(=O)NC)CC1.I. The van der Waals surface area contributed by atoms with Gasteiger partial charge in [0, 0.05) is 32.7 Å². The first-order chi connectivity index (χ1) is 12.1. The number of aliphatic hydroxyl groups is 1. The van der Waals surface area contributed by atoms with E-state index in [0.29, 0.717) is 24.3 Å². The zero-order chi connectivity index (χ0) is 18.1. The van der Waals surface area contributed by atoms with Gasteiger partial charge in [-0.1, -0.05) is 0 Å². The Bertz CT molecular complexity index is 545. The lowest BCUT2D eigenvalue weighted by atomic mass is 10.1. The van der Waals surface area contributed by atoms with Gasteiger partial charge in [-0.3, -0.25) is 14.7 Å². The van der Waals surface area contributed by atoms with Crippen molar-refractivity contribution >= 4 is 35.8 Å². The van der Waals surface area contributed by atoms with E-state index in [4.69, 9.17) is 4.42 Å². The van der Waals surface area contributed by atoms with Crippen LogP contribution >= 0.6 is 24.0 Å². The van der Waals surface area contributed by atoms with Crippen LogP contribution in [0.2, 0.25) is 0 Å². The van der Waals surface area contributed by atoms with E-state index in [0.717, 1.165) is 32.5 Å². The quantitative estimate of drug-likeness (QED) is 0.261. The van der Waals surface area contributed by atoms with Crippen LogP contribution in [0.5, 0.6) is 0 Å². The van der Waals surface area contributed by atoms with Gasteiger partial charge in [0.15, 0.2) is 5.96 Å². The molecule has 1 saturated heterocycles. The number of nitrogens with one attached hydrogen (secondary N) is 3. The van der Waals surface area contributed by atoms with Crippen LogP contribution in [0, 0.1) is 0 Å². The van der Waals surface area contributed by atoms with Gasteiger partial charge in [-0.05, 0) is 31.9 Å². The summed E-state index contributed by atoms with van der Waals surface area (Å²) in [4.78, 5) is 18.0. The van der Waals surface area contributed by atoms with Crippen LogP contribution in [0.3, 0.4) is 0 Å². The van der Waals surface area contributed by atoms with Gasteiger partial charge in [0.25, 0.3) is 0 Å². The molecule has 1 unspecified atom stereocenters. The third-order valence-corrected chi connectivity index (χ3v) is 4.21. The number of piperidine rings is 1. The maximum Gasteiger partial charge on any atom is 0.233 e. The fraction of sp³-hybridized carbons (Fsp3) is 0.647. The minimum Gasteiger partial charge on any atom is -0.467 e. The van der Waals surface area contributed by atoms with Crippen LogP contribution < -0.4 is 16.0 Å². The molecule has 0 aliphatic carbocycles. The number of halogens is 1. The lowest BCUT2D eigenvalue weighted by Gasteiger charge is -2.32. The molecule has 9 heteroatoms. The van der Waals surface area contributed by atoms with Gasteiger partial charge >= 0.3 is 0 Å². The third kappa shape index (κ3) is 7.50. The van der Waals surface area contributed by atoms with Gasteiger partial charge in [-0.15, -0.1) is 24.0 Å². The van der Waals surface area contributed by atoms with E-state index in [1.165, 1.54) is 6.26 Å². The molecule has 1 fully saturated rings.